The molecule has 0 amide bonds. The molecular formula is C10H14N2O12P2. The molecule has 0 aromatic carbocycles. The fourth-order valence-corrected chi connectivity index (χ4v) is 3.76. The number of ether oxygens (including phenoxy) is 1. The SMILES string of the molecule is O=Cc1cn([C@H]2C[C@H](O)[C@@H](COP(=O)(O)OP(=O)(O)O)O2)c(=O)[nH]c1=O. The monoisotopic (exact) mass is 416 g/mol. The van der Waals surface area contributed by atoms with Gasteiger partial charge < -0.3 is 24.5 Å². The minimum absolute atomic E-state index is 0.201. The van der Waals surface area contributed by atoms with E-state index in [4.69, 9.17) is 14.5 Å². The van der Waals surface area contributed by atoms with Gasteiger partial charge in [0.05, 0.1) is 18.3 Å². The number of aliphatic hydroxyl groups excluding tert-OH is 1. The number of aliphatic hydroxyl groups is 1. The first-order valence-corrected chi connectivity index (χ1v) is 9.83. The molecule has 1 unspecified atom stereocenters. The first-order chi connectivity index (χ1) is 11.9. The fourth-order valence-electron chi connectivity index (χ4n) is 2.16. The molecule has 1 saturated heterocycles. The second kappa shape index (κ2) is 7.64. The van der Waals surface area contributed by atoms with Gasteiger partial charge in [0, 0.05) is 12.6 Å². The Bertz CT molecular complexity index is 887. The Morgan fingerprint density at radius 3 is 2.58 bits per heavy atom. The second-order valence-corrected chi connectivity index (χ2v) is 7.97. The first kappa shape index (κ1) is 20.8. The first-order valence-electron chi connectivity index (χ1n) is 6.80. The molecule has 14 nitrogen and oxygen atoms in total. The minimum Gasteiger partial charge on any atom is -0.390 e. The Balaban J connectivity index is 2.10. The van der Waals surface area contributed by atoms with Crippen molar-refractivity contribution in [3.8, 4) is 0 Å². The van der Waals surface area contributed by atoms with Gasteiger partial charge in [0.15, 0.2) is 6.29 Å². The highest BCUT2D eigenvalue weighted by atomic mass is 31.3. The number of aromatic nitrogens is 2. The second-order valence-electron chi connectivity index (χ2n) is 5.14. The van der Waals surface area contributed by atoms with Gasteiger partial charge in [-0.3, -0.25) is 23.7 Å². The van der Waals surface area contributed by atoms with Crippen LogP contribution in [-0.2, 0) is 22.7 Å². The van der Waals surface area contributed by atoms with Gasteiger partial charge >= 0.3 is 21.3 Å². The predicted octanol–water partition coefficient (Wildman–Crippen LogP) is -1.78. The highest BCUT2D eigenvalue weighted by Crippen LogP contribution is 2.57. The molecule has 1 aliphatic rings. The molecule has 1 aromatic heterocycles. The predicted molar refractivity (Wildman–Crippen MR) is 80.2 cm³/mol. The van der Waals surface area contributed by atoms with Crippen LogP contribution in [0.25, 0.3) is 0 Å². The molecule has 0 radical (unpaired) electrons. The van der Waals surface area contributed by atoms with Crippen LogP contribution in [0.2, 0.25) is 0 Å². The standard InChI is InChI=1S/C10H14N2O12P2/c13-3-5-2-12(10(16)11-9(5)15)8-1-6(14)7(23-8)4-22-26(20,21)24-25(17,18)19/h2-3,6-8,14H,1,4H2,(H,20,21)(H,11,15,16)(H2,17,18,19)/t6-,7+,8+/m0/s1. The van der Waals surface area contributed by atoms with Crippen LogP contribution in [0.15, 0.2) is 15.8 Å². The molecule has 4 atom stereocenters. The number of hydrogen-bond donors (Lipinski definition) is 5. The van der Waals surface area contributed by atoms with E-state index in [1.165, 1.54) is 0 Å². The van der Waals surface area contributed by atoms with Crippen molar-refractivity contribution in [2.75, 3.05) is 6.61 Å². The summed E-state index contributed by atoms with van der Waals surface area (Å²) in [4.78, 5) is 62.0. The zero-order chi connectivity index (χ0) is 19.7. The van der Waals surface area contributed by atoms with E-state index in [0.29, 0.717) is 0 Å². The summed E-state index contributed by atoms with van der Waals surface area (Å²) in [7, 11) is -10.4. The van der Waals surface area contributed by atoms with Gasteiger partial charge in [-0.25, -0.2) is 13.9 Å². The Morgan fingerprint density at radius 1 is 1.35 bits per heavy atom. The lowest BCUT2D eigenvalue weighted by molar-refractivity contribution is -0.0450. The van der Waals surface area contributed by atoms with Gasteiger partial charge in [0.1, 0.15) is 12.3 Å². The number of nitrogens with one attached hydrogen (secondary N) is 1. The van der Waals surface area contributed by atoms with E-state index in [1.807, 2.05) is 4.98 Å². The van der Waals surface area contributed by atoms with Gasteiger partial charge in [0.2, 0.25) is 0 Å². The average molecular weight is 416 g/mol. The van der Waals surface area contributed by atoms with Crippen LogP contribution in [0.4, 0.5) is 0 Å². The third-order valence-electron chi connectivity index (χ3n) is 3.25. The number of aldehydes is 1. The maximum Gasteiger partial charge on any atom is 0.481 e. The summed E-state index contributed by atoms with van der Waals surface area (Å²) in [6.07, 6.45) is -2.77. The Kier molecular flexibility index (Phi) is 6.13. The molecule has 0 saturated carbocycles. The van der Waals surface area contributed by atoms with Crippen molar-refractivity contribution < 1.29 is 47.3 Å². The van der Waals surface area contributed by atoms with E-state index in [1.54, 1.807) is 0 Å². The molecule has 26 heavy (non-hydrogen) atoms. The normalized spacial score (nSPS) is 25.8. The summed E-state index contributed by atoms with van der Waals surface area (Å²) in [5, 5.41) is 9.89. The quantitative estimate of drug-likeness (QED) is 0.246. The fraction of sp³-hybridized carbons (Fsp3) is 0.500. The van der Waals surface area contributed by atoms with Crippen molar-refractivity contribution in [1.29, 1.82) is 0 Å². The summed E-state index contributed by atoms with van der Waals surface area (Å²) >= 11 is 0. The number of H-pyrrole nitrogens is 1. The van der Waals surface area contributed by atoms with Gasteiger partial charge in [-0.1, -0.05) is 0 Å². The maximum absolute atomic E-state index is 11.8. The largest absolute Gasteiger partial charge is 0.481 e. The van der Waals surface area contributed by atoms with Gasteiger partial charge in [0.25, 0.3) is 5.56 Å². The van der Waals surface area contributed by atoms with Crippen molar-refractivity contribution in [3.63, 3.8) is 0 Å². The molecule has 5 N–H and O–H groups in total. The lowest BCUT2D eigenvalue weighted by Crippen LogP contribution is -2.34. The number of aromatic amines is 1. The van der Waals surface area contributed by atoms with E-state index in [2.05, 4.69) is 8.83 Å². The topological polar surface area (TPSA) is 215 Å². The number of phosphoric acid groups is 2. The number of rotatable bonds is 7. The number of carbonyl (C=O) groups is 1. The summed E-state index contributed by atoms with van der Waals surface area (Å²) in [6, 6.07) is 0. The van der Waals surface area contributed by atoms with Crippen LogP contribution in [0, 0.1) is 0 Å². The van der Waals surface area contributed by atoms with E-state index >= 15 is 0 Å². The van der Waals surface area contributed by atoms with Crippen LogP contribution in [0.3, 0.4) is 0 Å². The molecule has 1 aromatic rings. The minimum atomic E-state index is -5.30. The third-order valence-corrected chi connectivity index (χ3v) is 5.40. The van der Waals surface area contributed by atoms with E-state index in [0.717, 1.165) is 10.8 Å². The van der Waals surface area contributed by atoms with E-state index in [-0.39, 0.29) is 18.3 Å². The molecule has 2 rings (SSSR count). The molecule has 0 aliphatic carbocycles. The van der Waals surface area contributed by atoms with Gasteiger partial charge in [-0.2, -0.15) is 4.31 Å². The highest BCUT2D eigenvalue weighted by Gasteiger charge is 2.39. The van der Waals surface area contributed by atoms with Crippen LogP contribution >= 0.6 is 15.6 Å². The van der Waals surface area contributed by atoms with E-state index < -0.39 is 51.9 Å². The molecule has 0 spiro atoms. The third kappa shape index (κ3) is 5.27. The number of hydrogen-bond acceptors (Lipinski definition) is 9. The van der Waals surface area contributed by atoms with Crippen molar-refractivity contribution >= 4 is 21.9 Å². The summed E-state index contributed by atoms with van der Waals surface area (Å²) in [5.41, 5.74) is -2.19. The molecule has 146 valence electrons. The summed E-state index contributed by atoms with van der Waals surface area (Å²) in [5.74, 6) is 0. The molecule has 1 aliphatic heterocycles. The zero-order valence-electron chi connectivity index (χ0n) is 12.7. The van der Waals surface area contributed by atoms with Crippen LogP contribution in [-0.4, -0.2) is 54.4 Å². The van der Waals surface area contributed by atoms with Crippen molar-refractivity contribution in [2.45, 2.75) is 24.9 Å². The van der Waals surface area contributed by atoms with Crippen LogP contribution in [0.1, 0.15) is 23.0 Å². The number of phosphoric ester groups is 1. The molecule has 2 heterocycles. The number of nitrogens with zero attached hydrogens (tertiary/aromatic N) is 1. The Morgan fingerprint density at radius 2 is 2.00 bits per heavy atom. The summed E-state index contributed by atoms with van der Waals surface area (Å²) < 4.78 is 36.0. The van der Waals surface area contributed by atoms with Crippen molar-refractivity contribution in [3.05, 3.63) is 32.6 Å². The average Bonchev–Trinajstić information content (AvgIpc) is 2.84. The van der Waals surface area contributed by atoms with Crippen LogP contribution < -0.4 is 11.2 Å². The molecule has 0 bridgehead atoms. The number of carbonyl (C=O) groups excluding carboxylic acids is 1. The van der Waals surface area contributed by atoms with Gasteiger partial charge in [-0.15, -0.1) is 0 Å². The smallest absolute Gasteiger partial charge is 0.390 e. The Labute approximate surface area is 143 Å². The Hall–Kier alpha value is -1.47. The van der Waals surface area contributed by atoms with E-state index in [9.17, 15) is 33.5 Å². The maximum atomic E-state index is 11.8. The highest BCUT2D eigenvalue weighted by molar-refractivity contribution is 7.60. The molecule has 16 heteroatoms. The zero-order valence-corrected chi connectivity index (χ0v) is 14.5. The van der Waals surface area contributed by atoms with Crippen molar-refractivity contribution in [2.24, 2.45) is 0 Å². The van der Waals surface area contributed by atoms with Crippen molar-refractivity contribution in [1.82, 2.24) is 9.55 Å². The molecule has 1 fully saturated rings. The van der Waals surface area contributed by atoms with Gasteiger partial charge in [-0.05, 0) is 0 Å². The lowest BCUT2D eigenvalue weighted by Gasteiger charge is -2.18. The summed E-state index contributed by atoms with van der Waals surface area (Å²) in [6.45, 7) is -0.802. The lowest BCUT2D eigenvalue weighted by atomic mass is 10.2. The molecular weight excluding hydrogens is 402 g/mol. The van der Waals surface area contributed by atoms with Crippen LogP contribution in [0.5, 0.6) is 0 Å².